The molecule has 0 aliphatic heterocycles. The first-order chi connectivity index (χ1) is 8.72. The van der Waals surface area contributed by atoms with E-state index in [1.54, 1.807) is 12.1 Å². The summed E-state index contributed by atoms with van der Waals surface area (Å²) in [5.74, 6) is 1.18. The van der Waals surface area contributed by atoms with E-state index < -0.39 is 0 Å². The molecule has 0 aromatic heterocycles. The Hall–Kier alpha value is -1.34. The van der Waals surface area contributed by atoms with Crippen molar-refractivity contribution in [1.29, 1.82) is 5.26 Å². The maximum absolute atomic E-state index is 8.90. The molecule has 1 aromatic carbocycles. The lowest BCUT2D eigenvalue weighted by molar-refractivity contribution is 0.757. The van der Waals surface area contributed by atoms with Crippen molar-refractivity contribution in [3.8, 4) is 6.07 Å². The first kappa shape index (κ1) is 13.1. The van der Waals surface area contributed by atoms with Crippen molar-refractivity contribution in [2.75, 3.05) is 16.8 Å². The van der Waals surface area contributed by atoms with Gasteiger partial charge in [-0.1, -0.05) is 6.92 Å². The first-order valence-corrected chi connectivity index (χ1v) is 7.45. The van der Waals surface area contributed by atoms with E-state index in [1.807, 2.05) is 17.8 Å². The second kappa shape index (κ2) is 6.01. The predicted octanol–water partition coefficient (Wildman–Crippen LogP) is 3.23. The maximum Gasteiger partial charge on any atom is 0.0992 e. The molecule has 2 rings (SSSR count). The molecule has 2 atom stereocenters. The highest BCUT2D eigenvalue weighted by Crippen LogP contribution is 2.32. The van der Waals surface area contributed by atoms with E-state index in [0.29, 0.717) is 11.6 Å². The smallest absolute Gasteiger partial charge is 0.0992 e. The monoisotopic (exact) mass is 261 g/mol. The zero-order valence-electron chi connectivity index (χ0n) is 10.6. The average Bonchev–Trinajstić information content (AvgIpc) is 2.80. The van der Waals surface area contributed by atoms with Crippen LogP contribution in [0.2, 0.25) is 0 Å². The molecule has 1 fully saturated rings. The van der Waals surface area contributed by atoms with Crippen LogP contribution in [-0.2, 0) is 0 Å². The molecule has 0 saturated heterocycles. The predicted molar refractivity (Wildman–Crippen MR) is 78.8 cm³/mol. The summed E-state index contributed by atoms with van der Waals surface area (Å²) in [5, 5.41) is 13.2. The van der Waals surface area contributed by atoms with Crippen LogP contribution in [0.5, 0.6) is 0 Å². The molecule has 3 nitrogen and oxygen atoms in total. The van der Waals surface area contributed by atoms with Gasteiger partial charge >= 0.3 is 0 Å². The van der Waals surface area contributed by atoms with E-state index in [0.717, 1.165) is 16.6 Å². The Morgan fingerprint density at radius 1 is 1.50 bits per heavy atom. The Kier molecular flexibility index (Phi) is 4.38. The molecule has 3 N–H and O–H groups in total. The summed E-state index contributed by atoms with van der Waals surface area (Å²) in [4.78, 5) is 0. The third-order valence-electron chi connectivity index (χ3n) is 3.33. The Morgan fingerprint density at radius 2 is 2.33 bits per heavy atom. The van der Waals surface area contributed by atoms with Gasteiger partial charge in [0.15, 0.2) is 0 Å². The van der Waals surface area contributed by atoms with E-state index in [4.69, 9.17) is 11.0 Å². The van der Waals surface area contributed by atoms with Crippen molar-refractivity contribution in [2.24, 2.45) is 0 Å². The molecule has 4 heteroatoms. The number of nitrogen functional groups attached to an aromatic ring is 1. The van der Waals surface area contributed by atoms with Gasteiger partial charge in [0.1, 0.15) is 0 Å². The highest BCUT2D eigenvalue weighted by Gasteiger charge is 2.24. The van der Waals surface area contributed by atoms with Crippen molar-refractivity contribution in [3.63, 3.8) is 0 Å². The SMILES string of the molecule is CCSC1CCC(Nc2cc(C#N)ccc2N)C1. The van der Waals surface area contributed by atoms with E-state index in [2.05, 4.69) is 18.3 Å². The van der Waals surface area contributed by atoms with Crippen LogP contribution in [0.1, 0.15) is 31.7 Å². The number of hydrogen-bond donors (Lipinski definition) is 2. The summed E-state index contributed by atoms with van der Waals surface area (Å²) < 4.78 is 0. The molecule has 0 radical (unpaired) electrons. The molecule has 18 heavy (non-hydrogen) atoms. The number of nitrogens with one attached hydrogen (secondary N) is 1. The van der Waals surface area contributed by atoms with Crippen molar-refractivity contribution >= 4 is 23.1 Å². The number of anilines is 2. The number of hydrogen-bond acceptors (Lipinski definition) is 4. The number of nitrogens with two attached hydrogens (primary N) is 1. The van der Waals surface area contributed by atoms with Gasteiger partial charge in [-0.2, -0.15) is 17.0 Å². The summed E-state index contributed by atoms with van der Waals surface area (Å²) in [6.45, 7) is 2.21. The van der Waals surface area contributed by atoms with Gasteiger partial charge in [-0.05, 0) is 43.2 Å². The number of nitriles is 1. The normalized spacial score (nSPS) is 22.7. The second-order valence-corrected chi connectivity index (χ2v) is 6.22. The minimum atomic E-state index is 0.491. The molecule has 0 amide bonds. The van der Waals surface area contributed by atoms with Crippen LogP contribution in [0, 0.1) is 11.3 Å². The van der Waals surface area contributed by atoms with Crippen LogP contribution in [0.15, 0.2) is 18.2 Å². The first-order valence-electron chi connectivity index (χ1n) is 6.40. The largest absolute Gasteiger partial charge is 0.397 e. The Morgan fingerprint density at radius 3 is 3.06 bits per heavy atom. The van der Waals surface area contributed by atoms with Gasteiger partial charge in [0, 0.05) is 11.3 Å². The zero-order chi connectivity index (χ0) is 13.0. The standard InChI is InChI=1S/C14H19N3S/c1-2-18-12-5-4-11(8-12)17-14-7-10(9-15)3-6-13(14)16/h3,6-7,11-12,17H,2,4-5,8,16H2,1H3. The van der Waals surface area contributed by atoms with Crippen LogP contribution in [0.25, 0.3) is 0 Å². The average molecular weight is 261 g/mol. The second-order valence-electron chi connectivity index (χ2n) is 4.65. The molecule has 0 heterocycles. The fourth-order valence-corrected chi connectivity index (χ4v) is 3.57. The van der Waals surface area contributed by atoms with Crippen LogP contribution < -0.4 is 11.1 Å². The molecule has 1 aromatic rings. The quantitative estimate of drug-likeness (QED) is 0.817. The highest BCUT2D eigenvalue weighted by atomic mass is 32.2. The molecule has 1 saturated carbocycles. The van der Waals surface area contributed by atoms with Gasteiger partial charge in [0.25, 0.3) is 0 Å². The number of nitrogens with zero attached hydrogens (tertiary/aromatic N) is 1. The van der Waals surface area contributed by atoms with Crippen LogP contribution in [0.4, 0.5) is 11.4 Å². The van der Waals surface area contributed by atoms with Gasteiger partial charge < -0.3 is 11.1 Å². The fraction of sp³-hybridized carbons (Fsp3) is 0.500. The van der Waals surface area contributed by atoms with Crippen molar-refractivity contribution in [2.45, 2.75) is 37.5 Å². The lowest BCUT2D eigenvalue weighted by Crippen LogP contribution is -2.17. The number of thioether (sulfide) groups is 1. The fourth-order valence-electron chi connectivity index (χ4n) is 2.43. The van der Waals surface area contributed by atoms with Crippen molar-refractivity contribution in [3.05, 3.63) is 23.8 Å². The minimum absolute atomic E-state index is 0.491. The molecule has 0 spiro atoms. The van der Waals surface area contributed by atoms with Crippen molar-refractivity contribution in [1.82, 2.24) is 0 Å². The topological polar surface area (TPSA) is 61.8 Å². The summed E-state index contributed by atoms with van der Waals surface area (Å²) in [5.41, 5.74) is 8.22. The lowest BCUT2D eigenvalue weighted by atomic mass is 10.1. The van der Waals surface area contributed by atoms with Gasteiger partial charge in [-0.25, -0.2) is 0 Å². The van der Waals surface area contributed by atoms with Crippen molar-refractivity contribution < 1.29 is 0 Å². The minimum Gasteiger partial charge on any atom is -0.397 e. The Bertz CT molecular complexity index is 453. The van der Waals surface area contributed by atoms with Crippen LogP contribution in [-0.4, -0.2) is 17.0 Å². The summed E-state index contributed by atoms with van der Waals surface area (Å²) in [6.07, 6.45) is 3.65. The maximum atomic E-state index is 8.90. The molecular weight excluding hydrogens is 242 g/mol. The van der Waals surface area contributed by atoms with Gasteiger partial charge in [0.2, 0.25) is 0 Å². The van der Waals surface area contributed by atoms with E-state index >= 15 is 0 Å². The third-order valence-corrected chi connectivity index (χ3v) is 4.56. The molecule has 2 unspecified atom stereocenters. The number of benzene rings is 1. The van der Waals surface area contributed by atoms with Gasteiger partial charge in [0.05, 0.1) is 23.0 Å². The number of rotatable bonds is 4. The molecule has 1 aliphatic carbocycles. The van der Waals surface area contributed by atoms with Crippen LogP contribution >= 0.6 is 11.8 Å². The van der Waals surface area contributed by atoms with E-state index in [1.165, 1.54) is 25.0 Å². The highest BCUT2D eigenvalue weighted by molar-refractivity contribution is 7.99. The van der Waals surface area contributed by atoms with E-state index in [9.17, 15) is 0 Å². The molecular formula is C14H19N3S. The molecule has 1 aliphatic rings. The Labute approximate surface area is 113 Å². The zero-order valence-corrected chi connectivity index (χ0v) is 11.5. The molecule has 96 valence electrons. The van der Waals surface area contributed by atoms with Gasteiger partial charge in [-0.15, -0.1) is 0 Å². The van der Waals surface area contributed by atoms with Crippen LogP contribution in [0.3, 0.4) is 0 Å². The summed E-state index contributed by atoms with van der Waals surface area (Å²) in [7, 11) is 0. The molecule has 0 bridgehead atoms. The lowest BCUT2D eigenvalue weighted by Gasteiger charge is -2.16. The van der Waals surface area contributed by atoms with Gasteiger partial charge in [-0.3, -0.25) is 0 Å². The summed E-state index contributed by atoms with van der Waals surface area (Å²) >= 11 is 2.04. The Balaban J connectivity index is 2.00. The third kappa shape index (κ3) is 3.11. The van der Waals surface area contributed by atoms with E-state index in [-0.39, 0.29) is 0 Å². The summed E-state index contributed by atoms with van der Waals surface area (Å²) in [6, 6.07) is 8.04.